The number of hydrogen-bond donors (Lipinski definition) is 1. The van der Waals surface area contributed by atoms with Crippen molar-refractivity contribution in [3.05, 3.63) is 0 Å². The Morgan fingerprint density at radius 2 is 2.25 bits per heavy atom. The van der Waals surface area contributed by atoms with Crippen molar-refractivity contribution >= 4 is 23.0 Å². The predicted octanol–water partition coefficient (Wildman–Crippen LogP) is 1.46. The maximum absolute atomic E-state index is 10.8. The van der Waals surface area contributed by atoms with Crippen LogP contribution in [-0.2, 0) is 4.74 Å². The number of nitrogens with two attached hydrogens (primary N) is 1. The van der Waals surface area contributed by atoms with E-state index in [0.29, 0.717) is 12.5 Å². The zero-order valence-electron chi connectivity index (χ0n) is 7.53. The van der Waals surface area contributed by atoms with Crippen molar-refractivity contribution in [1.82, 2.24) is 0 Å². The largest absolute Gasteiger partial charge is 0.448 e. The fourth-order valence-electron chi connectivity index (χ4n) is 0.406. The number of amides is 1. The average molecular weight is 190 g/mol. The molecular weight excluding hydrogens is 176 g/mol. The van der Waals surface area contributed by atoms with Crippen LogP contribution in [0.1, 0.15) is 13.8 Å². The molecule has 0 heterocycles. The first kappa shape index (κ1) is 11.3. The van der Waals surface area contributed by atoms with E-state index in [1.807, 2.05) is 13.8 Å². The van der Waals surface area contributed by atoms with Crippen molar-refractivity contribution in [3.8, 4) is 0 Å². The standard InChI is InChI=1S/C7H14N2O2S/c1-5(2)4-11-7(10)9-6(8)12-3/h5H,4H2,1-3H3,(H2,8,9,10). The van der Waals surface area contributed by atoms with Gasteiger partial charge in [0.2, 0.25) is 0 Å². The summed E-state index contributed by atoms with van der Waals surface area (Å²) in [7, 11) is 0. The fourth-order valence-corrected chi connectivity index (χ4v) is 0.572. The molecule has 0 atom stereocenters. The number of nitrogens with zero attached hydrogens (tertiary/aromatic N) is 1. The number of carbonyl (C=O) groups excluding carboxylic acids is 1. The Morgan fingerprint density at radius 3 is 2.67 bits per heavy atom. The van der Waals surface area contributed by atoms with Crippen molar-refractivity contribution in [1.29, 1.82) is 0 Å². The summed E-state index contributed by atoms with van der Waals surface area (Å²) in [6.07, 6.45) is 1.13. The monoisotopic (exact) mass is 190 g/mol. The summed E-state index contributed by atoms with van der Waals surface area (Å²) in [5.41, 5.74) is 5.29. The van der Waals surface area contributed by atoms with Crippen LogP contribution in [0.15, 0.2) is 4.99 Å². The Bertz CT molecular complexity index is 180. The Hall–Kier alpha value is -0.710. The molecule has 4 nitrogen and oxygen atoms in total. The molecule has 12 heavy (non-hydrogen) atoms. The molecule has 0 aromatic rings. The maximum atomic E-state index is 10.8. The summed E-state index contributed by atoms with van der Waals surface area (Å²) in [5, 5.41) is 0.226. The zero-order chi connectivity index (χ0) is 9.56. The van der Waals surface area contributed by atoms with E-state index >= 15 is 0 Å². The maximum Gasteiger partial charge on any atom is 0.436 e. The molecule has 0 rings (SSSR count). The molecule has 70 valence electrons. The SMILES string of the molecule is CS/C(N)=N/C(=O)OCC(C)C. The van der Waals surface area contributed by atoms with Crippen molar-refractivity contribution < 1.29 is 9.53 Å². The number of carbonyl (C=O) groups is 1. The van der Waals surface area contributed by atoms with Gasteiger partial charge in [0.25, 0.3) is 0 Å². The van der Waals surface area contributed by atoms with Gasteiger partial charge in [-0.05, 0) is 12.2 Å². The molecule has 0 bridgehead atoms. The quantitative estimate of drug-likeness (QED) is 0.529. The molecule has 0 aromatic carbocycles. The van der Waals surface area contributed by atoms with Gasteiger partial charge in [0.15, 0.2) is 5.17 Å². The van der Waals surface area contributed by atoms with Crippen LogP contribution in [-0.4, -0.2) is 24.1 Å². The Morgan fingerprint density at radius 1 is 1.67 bits per heavy atom. The molecule has 0 aliphatic rings. The summed E-state index contributed by atoms with van der Waals surface area (Å²) < 4.78 is 4.76. The number of thioether (sulfide) groups is 1. The van der Waals surface area contributed by atoms with Crippen LogP contribution < -0.4 is 5.73 Å². The van der Waals surface area contributed by atoms with Crippen molar-refractivity contribution in [3.63, 3.8) is 0 Å². The lowest BCUT2D eigenvalue weighted by Crippen LogP contribution is -2.12. The summed E-state index contributed by atoms with van der Waals surface area (Å²) >= 11 is 1.21. The van der Waals surface area contributed by atoms with Crippen molar-refractivity contribution in [2.75, 3.05) is 12.9 Å². The highest BCUT2D eigenvalue weighted by atomic mass is 32.2. The Balaban J connectivity index is 3.74. The lowest BCUT2D eigenvalue weighted by Gasteiger charge is -2.03. The number of ether oxygens (including phenoxy) is 1. The fraction of sp³-hybridized carbons (Fsp3) is 0.714. The van der Waals surface area contributed by atoms with Gasteiger partial charge in [-0.1, -0.05) is 25.6 Å². The van der Waals surface area contributed by atoms with Gasteiger partial charge in [0.05, 0.1) is 6.61 Å². The molecular formula is C7H14N2O2S. The summed E-state index contributed by atoms with van der Waals surface area (Å²) in [5.74, 6) is 0.319. The van der Waals surface area contributed by atoms with Gasteiger partial charge >= 0.3 is 6.09 Å². The molecule has 0 saturated heterocycles. The Labute approximate surface area is 76.6 Å². The molecule has 0 unspecified atom stereocenters. The van der Waals surface area contributed by atoms with Crippen LogP contribution in [0.2, 0.25) is 0 Å². The highest BCUT2D eigenvalue weighted by Gasteiger charge is 2.02. The van der Waals surface area contributed by atoms with E-state index in [9.17, 15) is 4.79 Å². The molecule has 0 aromatic heterocycles. The van der Waals surface area contributed by atoms with Gasteiger partial charge < -0.3 is 10.5 Å². The van der Waals surface area contributed by atoms with Crippen molar-refractivity contribution in [2.24, 2.45) is 16.6 Å². The van der Waals surface area contributed by atoms with Gasteiger partial charge in [0, 0.05) is 0 Å². The molecule has 2 N–H and O–H groups in total. The van der Waals surface area contributed by atoms with Gasteiger partial charge in [-0.3, -0.25) is 0 Å². The second-order valence-corrected chi connectivity index (χ2v) is 3.45. The lowest BCUT2D eigenvalue weighted by atomic mass is 10.2. The average Bonchev–Trinajstić information content (AvgIpc) is 2.00. The normalized spacial score (nSPS) is 11.8. The van der Waals surface area contributed by atoms with Gasteiger partial charge in [-0.2, -0.15) is 4.99 Å². The highest BCUT2D eigenvalue weighted by Crippen LogP contribution is 1.97. The molecule has 0 fully saturated rings. The third-order valence-electron chi connectivity index (χ3n) is 0.951. The van der Waals surface area contributed by atoms with Crippen LogP contribution in [0.4, 0.5) is 4.79 Å². The van der Waals surface area contributed by atoms with Gasteiger partial charge in [0.1, 0.15) is 0 Å². The lowest BCUT2D eigenvalue weighted by molar-refractivity contribution is 0.143. The minimum atomic E-state index is -0.615. The third-order valence-corrected chi connectivity index (χ3v) is 1.46. The first-order valence-corrected chi connectivity index (χ1v) is 4.83. The second-order valence-electron chi connectivity index (χ2n) is 2.62. The van der Waals surface area contributed by atoms with E-state index in [1.54, 1.807) is 6.26 Å². The number of rotatable bonds is 2. The van der Waals surface area contributed by atoms with Gasteiger partial charge in [-0.15, -0.1) is 0 Å². The van der Waals surface area contributed by atoms with Crippen LogP contribution in [0.3, 0.4) is 0 Å². The van der Waals surface area contributed by atoms with E-state index < -0.39 is 6.09 Å². The van der Waals surface area contributed by atoms with E-state index in [-0.39, 0.29) is 5.17 Å². The molecule has 0 radical (unpaired) electrons. The first-order valence-electron chi connectivity index (χ1n) is 3.61. The van der Waals surface area contributed by atoms with E-state index in [4.69, 9.17) is 10.5 Å². The zero-order valence-corrected chi connectivity index (χ0v) is 8.35. The van der Waals surface area contributed by atoms with Crippen LogP contribution in [0.25, 0.3) is 0 Å². The highest BCUT2D eigenvalue weighted by molar-refractivity contribution is 8.13. The Kier molecular flexibility index (Phi) is 5.53. The number of hydrogen-bond acceptors (Lipinski definition) is 3. The smallest absolute Gasteiger partial charge is 0.436 e. The molecule has 0 aliphatic carbocycles. The number of aliphatic imine (C=N–C) groups is 1. The van der Waals surface area contributed by atoms with E-state index in [2.05, 4.69) is 4.99 Å². The van der Waals surface area contributed by atoms with Crippen LogP contribution >= 0.6 is 11.8 Å². The van der Waals surface area contributed by atoms with Crippen molar-refractivity contribution in [2.45, 2.75) is 13.8 Å². The predicted molar refractivity (Wildman–Crippen MR) is 51.3 cm³/mol. The minimum Gasteiger partial charge on any atom is -0.448 e. The third kappa shape index (κ3) is 6.03. The summed E-state index contributed by atoms with van der Waals surface area (Å²) in [4.78, 5) is 14.3. The molecule has 5 heteroatoms. The van der Waals surface area contributed by atoms with Crippen LogP contribution in [0, 0.1) is 5.92 Å². The van der Waals surface area contributed by atoms with Gasteiger partial charge in [-0.25, -0.2) is 4.79 Å². The molecule has 0 aliphatic heterocycles. The topological polar surface area (TPSA) is 64.7 Å². The summed E-state index contributed by atoms with van der Waals surface area (Å²) in [6.45, 7) is 4.29. The first-order chi connectivity index (χ1) is 5.56. The molecule has 1 amide bonds. The minimum absolute atomic E-state index is 0.226. The van der Waals surface area contributed by atoms with E-state index in [1.165, 1.54) is 11.8 Å². The number of amidine groups is 1. The molecule has 0 saturated carbocycles. The summed E-state index contributed by atoms with van der Waals surface area (Å²) in [6, 6.07) is 0. The molecule has 0 spiro atoms. The van der Waals surface area contributed by atoms with Crippen LogP contribution in [0.5, 0.6) is 0 Å². The second kappa shape index (κ2) is 5.88. The van der Waals surface area contributed by atoms with E-state index in [0.717, 1.165) is 0 Å².